The van der Waals surface area contributed by atoms with Crippen molar-refractivity contribution in [2.24, 2.45) is 0 Å². The number of rotatable bonds is 5. The summed E-state index contributed by atoms with van der Waals surface area (Å²) < 4.78 is 5.13. The van der Waals surface area contributed by atoms with Gasteiger partial charge >= 0.3 is 0 Å². The molecule has 2 aromatic carbocycles. The van der Waals surface area contributed by atoms with E-state index in [1.165, 1.54) is 5.56 Å². The van der Waals surface area contributed by atoms with Crippen molar-refractivity contribution in [2.75, 3.05) is 7.11 Å². The summed E-state index contributed by atoms with van der Waals surface area (Å²) in [6.45, 7) is 6.52. The first-order valence-corrected chi connectivity index (χ1v) is 7.71. The van der Waals surface area contributed by atoms with Crippen LogP contribution in [0.5, 0.6) is 5.75 Å². The zero-order chi connectivity index (χ0) is 17.0. The highest BCUT2D eigenvalue weighted by Crippen LogP contribution is 2.22. The predicted octanol–water partition coefficient (Wildman–Crippen LogP) is 4.82. The van der Waals surface area contributed by atoms with Crippen LogP contribution in [0.15, 0.2) is 48.5 Å². The van der Waals surface area contributed by atoms with Gasteiger partial charge in [-0.15, -0.1) is 0 Å². The maximum atomic E-state index is 8.25. The molecule has 0 aromatic heterocycles. The summed E-state index contributed by atoms with van der Waals surface area (Å²) in [5.74, 6) is 0.773. The monoisotopic (exact) mass is 308 g/mol. The molecule has 0 aliphatic heterocycles. The zero-order valence-electron chi connectivity index (χ0n) is 14.2. The minimum Gasteiger partial charge on any atom is -0.497 e. The van der Waals surface area contributed by atoms with Gasteiger partial charge in [0.15, 0.2) is 0 Å². The third-order valence-corrected chi connectivity index (χ3v) is 3.89. The third-order valence-electron chi connectivity index (χ3n) is 3.89. The van der Waals surface area contributed by atoms with Gasteiger partial charge in [0.25, 0.3) is 0 Å². The number of hydrogen-bond donors (Lipinski definition) is 2. The van der Waals surface area contributed by atoms with Gasteiger partial charge in [-0.25, -0.2) is 0 Å². The van der Waals surface area contributed by atoms with Crippen molar-refractivity contribution in [1.29, 1.82) is 10.8 Å². The molecule has 0 unspecified atom stereocenters. The number of benzene rings is 2. The summed E-state index contributed by atoms with van der Waals surface area (Å²) >= 11 is 0. The Morgan fingerprint density at radius 3 is 1.65 bits per heavy atom. The van der Waals surface area contributed by atoms with Gasteiger partial charge < -0.3 is 15.6 Å². The second-order valence-corrected chi connectivity index (χ2v) is 6.69. The molecular weight excluding hydrogens is 284 g/mol. The highest BCUT2D eigenvalue weighted by molar-refractivity contribution is 6.15. The number of nitrogens with one attached hydrogen (secondary N) is 2. The van der Waals surface area contributed by atoms with E-state index in [9.17, 15) is 0 Å². The molecule has 0 atom stereocenters. The lowest BCUT2D eigenvalue weighted by Gasteiger charge is -2.19. The average Bonchev–Trinajstić information content (AvgIpc) is 2.54. The van der Waals surface area contributed by atoms with Gasteiger partial charge in [0, 0.05) is 17.8 Å². The Morgan fingerprint density at radius 2 is 1.26 bits per heavy atom. The molecule has 0 radical (unpaired) electrons. The van der Waals surface area contributed by atoms with Crippen LogP contribution in [0.3, 0.4) is 0 Å². The maximum Gasteiger partial charge on any atom is 0.118 e. The van der Waals surface area contributed by atoms with E-state index in [1.807, 2.05) is 36.4 Å². The molecule has 0 fully saturated rings. The van der Waals surface area contributed by atoms with Crippen LogP contribution >= 0.6 is 0 Å². The first-order valence-electron chi connectivity index (χ1n) is 7.71. The third kappa shape index (κ3) is 4.28. The SMILES string of the molecule is COc1ccc(C(=N)CC(=N)c2ccc(C(C)(C)C)cc2)cc1. The van der Waals surface area contributed by atoms with Crippen molar-refractivity contribution in [2.45, 2.75) is 32.6 Å². The molecule has 0 bridgehead atoms. The highest BCUT2D eigenvalue weighted by atomic mass is 16.5. The molecule has 2 aromatic rings. The van der Waals surface area contributed by atoms with Gasteiger partial charge in [0.1, 0.15) is 5.75 Å². The minimum atomic E-state index is 0.108. The first kappa shape index (κ1) is 16.9. The van der Waals surface area contributed by atoms with E-state index in [0.717, 1.165) is 16.9 Å². The number of hydrogen-bond acceptors (Lipinski definition) is 3. The van der Waals surface area contributed by atoms with Gasteiger partial charge in [-0.3, -0.25) is 0 Å². The Bertz CT molecular complexity index is 692. The van der Waals surface area contributed by atoms with Crippen molar-refractivity contribution < 1.29 is 4.74 Å². The molecule has 2 rings (SSSR count). The molecule has 0 saturated carbocycles. The average molecular weight is 308 g/mol. The van der Waals surface area contributed by atoms with Gasteiger partial charge in [-0.1, -0.05) is 45.0 Å². The Kier molecular flexibility index (Phi) is 4.99. The number of ether oxygens (including phenoxy) is 1. The van der Waals surface area contributed by atoms with Crippen molar-refractivity contribution in [1.82, 2.24) is 0 Å². The van der Waals surface area contributed by atoms with Gasteiger partial charge in [0.05, 0.1) is 7.11 Å². The Balaban J connectivity index is 2.07. The molecule has 0 amide bonds. The van der Waals surface area contributed by atoms with Crippen LogP contribution in [0, 0.1) is 10.8 Å². The molecule has 3 heteroatoms. The van der Waals surface area contributed by atoms with Crippen LogP contribution in [0.2, 0.25) is 0 Å². The summed E-state index contributed by atoms with van der Waals surface area (Å²) in [6.07, 6.45) is 0.321. The van der Waals surface area contributed by atoms with Crippen LogP contribution < -0.4 is 4.74 Å². The highest BCUT2D eigenvalue weighted by Gasteiger charge is 2.14. The predicted molar refractivity (Wildman–Crippen MR) is 96.4 cm³/mol. The van der Waals surface area contributed by atoms with Gasteiger partial charge in [-0.2, -0.15) is 0 Å². The summed E-state index contributed by atoms with van der Waals surface area (Å²) in [5.41, 5.74) is 3.96. The normalized spacial score (nSPS) is 11.1. The van der Waals surface area contributed by atoms with Crippen LogP contribution in [0.1, 0.15) is 43.9 Å². The molecule has 3 nitrogen and oxygen atoms in total. The lowest BCUT2D eigenvalue weighted by Crippen LogP contribution is -2.12. The quantitative estimate of drug-likeness (QED) is 0.764. The summed E-state index contributed by atoms with van der Waals surface area (Å²) in [6, 6.07) is 15.5. The van der Waals surface area contributed by atoms with E-state index in [2.05, 4.69) is 32.9 Å². The zero-order valence-corrected chi connectivity index (χ0v) is 14.2. The molecular formula is C20H24N2O. The van der Waals surface area contributed by atoms with E-state index in [0.29, 0.717) is 17.8 Å². The molecule has 23 heavy (non-hydrogen) atoms. The molecule has 0 saturated heterocycles. The van der Waals surface area contributed by atoms with Crippen LogP contribution in [0.25, 0.3) is 0 Å². The largest absolute Gasteiger partial charge is 0.497 e. The Hall–Kier alpha value is -2.42. The van der Waals surface area contributed by atoms with Crippen LogP contribution in [-0.2, 0) is 5.41 Å². The van der Waals surface area contributed by atoms with E-state index in [1.54, 1.807) is 7.11 Å². The Morgan fingerprint density at radius 1 is 0.826 bits per heavy atom. The second-order valence-electron chi connectivity index (χ2n) is 6.69. The van der Waals surface area contributed by atoms with Crippen molar-refractivity contribution in [3.05, 3.63) is 65.2 Å². The summed E-state index contributed by atoms with van der Waals surface area (Å²) in [5, 5.41) is 16.4. The van der Waals surface area contributed by atoms with Gasteiger partial charge in [-0.05, 0) is 46.4 Å². The lowest BCUT2D eigenvalue weighted by atomic mass is 9.86. The van der Waals surface area contributed by atoms with Crippen molar-refractivity contribution >= 4 is 11.4 Å². The van der Waals surface area contributed by atoms with E-state index >= 15 is 0 Å². The van der Waals surface area contributed by atoms with E-state index in [-0.39, 0.29) is 5.41 Å². The van der Waals surface area contributed by atoms with Gasteiger partial charge in [0.2, 0.25) is 0 Å². The molecule has 2 N–H and O–H groups in total. The van der Waals surface area contributed by atoms with Crippen molar-refractivity contribution in [3.63, 3.8) is 0 Å². The number of methoxy groups -OCH3 is 1. The summed E-state index contributed by atoms with van der Waals surface area (Å²) in [7, 11) is 1.62. The first-order chi connectivity index (χ1) is 10.8. The molecule has 0 spiro atoms. The smallest absolute Gasteiger partial charge is 0.118 e. The molecule has 0 heterocycles. The fourth-order valence-electron chi connectivity index (χ4n) is 2.34. The molecule has 0 aliphatic rings. The van der Waals surface area contributed by atoms with Crippen LogP contribution in [0.4, 0.5) is 0 Å². The fraction of sp³-hybridized carbons (Fsp3) is 0.300. The van der Waals surface area contributed by atoms with Crippen LogP contribution in [-0.4, -0.2) is 18.5 Å². The Labute approximate surface area is 138 Å². The minimum absolute atomic E-state index is 0.108. The summed E-state index contributed by atoms with van der Waals surface area (Å²) in [4.78, 5) is 0. The molecule has 120 valence electrons. The second kappa shape index (κ2) is 6.78. The van der Waals surface area contributed by atoms with E-state index in [4.69, 9.17) is 15.6 Å². The van der Waals surface area contributed by atoms with E-state index < -0.39 is 0 Å². The lowest BCUT2D eigenvalue weighted by molar-refractivity contribution is 0.415. The standard InChI is InChI=1S/C20H24N2O/c1-20(2,3)16-9-5-14(6-10-16)18(21)13-19(22)15-7-11-17(23-4)12-8-15/h5-12,21-22H,13H2,1-4H3. The molecule has 0 aliphatic carbocycles. The fourth-order valence-corrected chi connectivity index (χ4v) is 2.34. The maximum absolute atomic E-state index is 8.25. The topological polar surface area (TPSA) is 56.9 Å². The van der Waals surface area contributed by atoms with Crippen molar-refractivity contribution in [3.8, 4) is 5.75 Å².